The molecule has 21 heavy (non-hydrogen) atoms. The lowest BCUT2D eigenvalue weighted by Gasteiger charge is -2.27. The number of amides is 1. The first kappa shape index (κ1) is 18.8. The van der Waals surface area contributed by atoms with Crippen molar-refractivity contribution in [3.05, 3.63) is 40.5 Å². The number of benzene rings is 1. The third-order valence-corrected chi connectivity index (χ3v) is 4.01. The molecule has 1 aromatic carbocycles. The zero-order valence-electron chi connectivity index (χ0n) is 10.5. The predicted molar refractivity (Wildman–Crippen MR) is 101 cm³/mol. The molecule has 0 saturated carbocycles. The maximum Gasteiger partial charge on any atom is 0.245 e. The van der Waals surface area contributed by atoms with Crippen LogP contribution in [0.1, 0.15) is 0 Å². The Hall–Kier alpha value is -0.280. The van der Waals surface area contributed by atoms with Crippen LogP contribution < -0.4 is 16.0 Å². The van der Waals surface area contributed by atoms with Gasteiger partial charge in [-0.15, -0.1) is 0 Å². The number of alkyl halides is 3. The molecule has 0 spiro atoms. The van der Waals surface area contributed by atoms with E-state index in [2.05, 4.69) is 45.1 Å². The van der Waals surface area contributed by atoms with Crippen LogP contribution in [0.4, 0.5) is 5.69 Å². The molecule has 0 aliphatic carbocycles. The Labute approximate surface area is 156 Å². The molecular formula is C12H11Cl3IN3OS. The minimum atomic E-state index is -1.78. The van der Waals surface area contributed by atoms with E-state index in [0.717, 1.165) is 15.3 Å². The monoisotopic (exact) mass is 477 g/mol. The average Bonchev–Trinajstić information content (AvgIpc) is 2.39. The van der Waals surface area contributed by atoms with Gasteiger partial charge in [-0.25, -0.2) is 0 Å². The molecule has 1 aromatic rings. The van der Waals surface area contributed by atoms with E-state index in [0.29, 0.717) is 0 Å². The second-order valence-electron chi connectivity index (χ2n) is 3.77. The van der Waals surface area contributed by atoms with E-state index in [1.165, 1.54) is 0 Å². The van der Waals surface area contributed by atoms with Crippen LogP contribution in [0.2, 0.25) is 0 Å². The molecule has 9 heteroatoms. The van der Waals surface area contributed by atoms with E-state index in [1.54, 1.807) is 0 Å². The molecule has 0 aromatic heterocycles. The molecule has 3 N–H and O–H groups in total. The summed E-state index contributed by atoms with van der Waals surface area (Å²) in [7, 11) is 0. The van der Waals surface area contributed by atoms with Gasteiger partial charge in [0.25, 0.3) is 0 Å². The zero-order valence-corrected chi connectivity index (χ0v) is 15.7. The molecule has 0 unspecified atom stereocenters. The van der Waals surface area contributed by atoms with Gasteiger partial charge in [0.2, 0.25) is 9.70 Å². The fourth-order valence-corrected chi connectivity index (χ4v) is 2.33. The van der Waals surface area contributed by atoms with Crippen LogP contribution in [0.5, 0.6) is 0 Å². The Morgan fingerprint density at radius 1 is 1.33 bits per heavy atom. The molecule has 0 aliphatic rings. The van der Waals surface area contributed by atoms with Crippen molar-refractivity contribution in [2.24, 2.45) is 0 Å². The van der Waals surface area contributed by atoms with E-state index in [1.807, 2.05) is 24.3 Å². The van der Waals surface area contributed by atoms with Crippen LogP contribution in [0, 0.1) is 3.57 Å². The smallest absolute Gasteiger partial charge is 0.245 e. The van der Waals surface area contributed by atoms with Crippen LogP contribution in [0.3, 0.4) is 0 Å². The summed E-state index contributed by atoms with van der Waals surface area (Å²) in [4.78, 5) is 11.4. The van der Waals surface area contributed by atoms with Crippen molar-refractivity contribution < 1.29 is 4.79 Å². The summed E-state index contributed by atoms with van der Waals surface area (Å²) in [5, 5.41) is 8.36. The average molecular weight is 479 g/mol. The number of carbonyl (C=O) groups excluding carboxylic acids is 1. The Morgan fingerprint density at radius 3 is 2.48 bits per heavy atom. The first-order valence-corrected chi connectivity index (χ1v) is 8.18. The minimum Gasteiger partial charge on any atom is -0.339 e. The van der Waals surface area contributed by atoms with Gasteiger partial charge in [-0.3, -0.25) is 4.79 Å². The van der Waals surface area contributed by atoms with Gasteiger partial charge in [0.1, 0.15) is 6.17 Å². The van der Waals surface area contributed by atoms with Gasteiger partial charge in [-0.2, -0.15) is 0 Å². The third-order valence-electron chi connectivity index (χ3n) is 2.20. The van der Waals surface area contributed by atoms with E-state index in [4.69, 9.17) is 47.0 Å². The highest BCUT2D eigenvalue weighted by atomic mass is 127. The number of carbonyl (C=O) groups is 1. The van der Waals surface area contributed by atoms with Crippen molar-refractivity contribution in [1.29, 1.82) is 0 Å². The van der Waals surface area contributed by atoms with Gasteiger partial charge in [-0.05, 0) is 53.0 Å². The largest absolute Gasteiger partial charge is 0.339 e. The minimum absolute atomic E-state index is 0.208. The van der Waals surface area contributed by atoms with Gasteiger partial charge in [0.05, 0.1) is 5.69 Å². The summed E-state index contributed by atoms with van der Waals surface area (Å²) in [5.41, 5.74) is 0.800. The maximum atomic E-state index is 11.4. The molecule has 0 saturated heterocycles. The van der Waals surface area contributed by atoms with Crippen LogP contribution in [0.15, 0.2) is 36.9 Å². The second kappa shape index (κ2) is 8.38. The molecule has 0 bridgehead atoms. The van der Waals surface area contributed by atoms with Crippen molar-refractivity contribution in [2.45, 2.75) is 9.96 Å². The fraction of sp³-hybridized carbons (Fsp3) is 0.167. The van der Waals surface area contributed by atoms with Gasteiger partial charge < -0.3 is 16.0 Å². The highest BCUT2D eigenvalue weighted by Crippen LogP contribution is 2.29. The highest BCUT2D eigenvalue weighted by Gasteiger charge is 2.34. The maximum absolute atomic E-state index is 11.4. The first-order valence-electron chi connectivity index (χ1n) is 5.55. The Morgan fingerprint density at radius 2 is 1.95 bits per heavy atom. The molecule has 0 heterocycles. The lowest BCUT2D eigenvalue weighted by molar-refractivity contribution is -0.117. The van der Waals surface area contributed by atoms with Crippen LogP contribution >= 0.6 is 69.6 Å². The molecule has 0 aliphatic heterocycles. The summed E-state index contributed by atoms with van der Waals surface area (Å²) in [5.74, 6) is -0.490. The molecule has 114 valence electrons. The van der Waals surface area contributed by atoms with Gasteiger partial charge in [0, 0.05) is 3.57 Å². The van der Waals surface area contributed by atoms with Crippen LogP contribution in [0.25, 0.3) is 0 Å². The summed E-state index contributed by atoms with van der Waals surface area (Å²) in [6.07, 6.45) is 0.0659. The van der Waals surface area contributed by atoms with Crippen LogP contribution in [-0.2, 0) is 4.79 Å². The normalized spacial score (nSPS) is 12.2. The first-order chi connectivity index (χ1) is 9.74. The molecular weight excluding hydrogens is 467 g/mol. The topological polar surface area (TPSA) is 53.2 Å². The number of nitrogens with one attached hydrogen (secondary N) is 3. The quantitative estimate of drug-likeness (QED) is 0.204. The SMILES string of the molecule is C=CC(=O)N[C@@H](NC(=S)Nc1ccccc1I)C(Cl)(Cl)Cl. The molecule has 1 atom stereocenters. The lowest BCUT2D eigenvalue weighted by Crippen LogP contribution is -2.55. The van der Waals surface area contributed by atoms with E-state index < -0.39 is 15.9 Å². The van der Waals surface area contributed by atoms with Crippen LogP contribution in [-0.4, -0.2) is 21.0 Å². The third kappa shape index (κ3) is 6.56. The highest BCUT2D eigenvalue weighted by molar-refractivity contribution is 14.1. The van der Waals surface area contributed by atoms with Gasteiger partial charge >= 0.3 is 0 Å². The van der Waals surface area contributed by atoms with Gasteiger partial charge in [-0.1, -0.05) is 53.5 Å². The zero-order chi connectivity index (χ0) is 16.0. The molecule has 1 amide bonds. The number of anilines is 1. The Kier molecular flexibility index (Phi) is 7.49. The number of halogens is 4. The van der Waals surface area contributed by atoms with E-state index in [9.17, 15) is 4.79 Å². The van der Waals surface area contributed by atoms with Crippen molar-refractivity contribution in [3.8, 4) is 0 Å². The van der Waals surface area contributed by atoms with Crippen molar-refractivity contribution >= 4 is 86.3 Å². The van der Waals surface area contributed by atoms with E-state index >= 15 is 0 Å². The molecule has 0 fully saturated rings. The lowest BCUT2D eigenvalue weighted by atomic mass is 10.3. The Bertz CT molecular complexity index is 551. The summed E-state index contributed by atoms with van der Waals surface area (Å²) < 4.78 is -0.811. The predicted octanol–water partition coefficient (Wildman–Crippen LogP) is 3.58. The number of rotatable bonds is 4. The fourth-order valence-electron chi connectivity index (χ4n) is 1.25. The van der Waals surface area contributed by atoms with Crippen molar-refractivity contribution in [2.75, 3.05) is 5.32 Å². The number of hydrogen-bond donors (Lipinski definition) is 3. The second-order valence-corrected chi connectivity index (χ2v) is 7.71. The summed E-state index contributed by atoms with van der Waals surface area (Å²) >= 11 is 24.7. The van der Waals surface area contributed by atoms with E-state index in [-0.39, 0.29) is 5.11 Å². The number of hydrogen-bond acceptors (Lipinski definition) is 2. The summed E-state index contributed by atoms with van der Waals surface area (Å²) in [6, 6.07) is 7.52. The standard InChI is InChI=1S/C12H11Cl3IN3OS/c1-2-9(20)18-10(12(13,14)15)19-11(21)17-8-6-4-3-5-7(8)16/h2-6,10H,1H2,(H,18,20)(H2,17,19,21)/t10-/m0/s1. The molecule has 1 rings (SSSR count). The molecule has 4 nitrogen and oxygen atoms in total. The van der Waals surface area contributed by atoms with Crippen molar-refractivity contribution in [1.82, 2.24) is 10.6 Å². The summed E-state index contributed by atoms with van der Waals surface area (Å²) in [6.45, 7) is 3.34. The number of thiocarbonyl (C=S) groups is 1. The Balaban J connectivity index is 2.75. The molecule has 0 radical (unpaired) electrons. The van der Waals surface area contributed by atoms with Gasteiger partial charge in [0.15, 0.2) is 5.11 Å². The van der Waals surface area contributed by atoms with Crippen molar-refractivity contribution in [3.63, 3.8) is 0 Å². The number of para-hydroxylation sites is 1.